The Labute approximate surface area is 92.4 Å². The second kappa shape index (κ2) is 5.47. The lowest BCUT2D eigenvalue weighted by molar-refractivity contribution is -0.133. The normalized spacial score (nSPS) is 22.5. The fraction of sp³-hybridized carbons (Fsp3) is 0.909. The Kier molecular flexibility index (Phi) is 4.54. The van der Waals surface area contributed by atoms with Gasteiger partial charge >= 0.3 is 0 Å². The van der Waals surface area contributed by atoms with E-state index < -0.39 is 0 Å². The molecule has 1 aliphatic heterocycles. The first-order chi connectivity index (χ1) is 7.00. The monoisotopic (exact) mass is 213 g/mol. The quantitative estimate of drug-likeness (QED) is 0.732. The fourth-order valence-electron chi connectivity index (χ4n) is 1.73. The van der Waals surface area contributed by atoms with Crippen molar-refractivity contribution in [2.24, 2.45) is 5.73 Å². The first-order valence-electron chi connectivity index (χ1n) is 5.74. The molecule has 15 heavy (non-hydrogen) atoms. The lowest BCUT2D eigenvalue weighted by Gasteiger charge is -2.32. The van der Waals surface area contributed by atoms with E-state index in [2.05, 4.69) is 18.7 Å². The summed E-state index contributed by atoms with van der Waals surface area (Å²) in [7, 11) is 1.98. The first kappa shape index (κ1) is 12.5. The van der Waals surface area contributed by atoms with Crippen molar-refractivity contribution in [2.75, 3.05) is 26.7 Å². The Morgan fingerprint density at radius 3 is 2.80 bits per heavy atom. The van der Waals surface area contributed by atoms with Crippen LogP contribution in [0.1, 0.15) is 26.7 Å². The van der Waals surface area contributed by atoms with Gasteiger partial charge in [-0.3, -0.25) is 9.69 Å². The highest BCUT2D eigenvalue weighted by atomic mass is 16.2. The summed E-state index contributed by atoms with van der Waals surface area (Å²) in [5, 5.41) is 0. The van der Waals surface area contributed by atoms with Gasteiger partial charge in [-0.15, -0.1) is 0 Å². The third-order valence-corrected chi connectivity index (χ3v) is 3.08. The molecular weight excluding hydrogens is 190 g/mol. The van der Waals surface area contributed by atoms with Gasteiger partial charge in [-0.05, 0) is 33.7 Å². The van der Waals surface area contributed by atoms with Gasteiger partial charge in [0.15, 0.2) is 0 Å². The molecule has 4 nitrogen and oxygen atoms in total. The Bertz CT molecular complexity index is 218. The van der Waals surface area contributed by atoms with Crippen LogP contribution in [0.2, 0.25) is 0 Å². The minimum atomic E-state index is 0.173. The molecule has 0 aromatic carbocycles. The van der Waals surface area contributed by atoms with E-state index in [9.17, 15) is 4.79 Å². The van der Waals surface area contributed by atoms with Gasteiger partial charge < -0.3 is 10.6 Å². The third kappa shape index (κ3) is 3.80. The molecule has 0 bridgehead atoms. The summed E-state index contributed by atoms with van der Waals surface area (Å²) in [5.74, 6) is 0.210. The molecular formula is C11H23N3O. The molecule has 0 saturated carbocycles. The van der Waals surface area contributed by atoms with Crippen LogP contribution in [0.4, 0.5) is 0 Å². The van der Waals surface area contributed by atoms with Crippen LogP contribution in [-0.4, -0.2) is 54.5 Å². The van der Waals surface area contributed by atoms with Gasteiger partial charge in [0.2, 0.25) is 5.91 Å². The molecule has 1 unspecified atom stereocenters. The number of hydrogen-bond acceptors (Lipinski definition) is 3. The van der Waals surface area contributed by atoms with Crippen LogP contribution >= 0.6 is 0 Å². The van der Waals surface area contributed by atoms with E-state index in [4.69, 9.17) is 5.73 Å². The average Bonchev–Trinajstić information content (AvgIpc) is 2.17. The number of likely N-dealkylation sites (tertiary alicyclic amines) is 1. The SMILES string of the molecule is CC(C)N(C)CC(=O)N1CCCC(N)C1. The van der Waals surface area contributed by atoms with Crippen LogP contribution in [0.5, 0.6) is 0 Å². The molecule has 1 amide bonds. The molecule has 0 radical (unpaired) electrons. The van der Waals surface area contributed by atoms with Crippen molar-refractivity contribution in [1.29, 1.82) is 0 Å². The van der Waals surface area contributed by atoms with Gasteiger partial charge in [0.05, 0.1) is 6.54 Å². The standard InChI is InChI=1S/C11H23N3O/c1-9(2)13(3)8-11(15)14-6-4-5-10(12)7-14/h9-10H,4-8,12H2,1-3H3. The molecule has 1 saturated heterocycles. The molecule has 1 atom stereocenters. The number of nitrogens with two attached hydrogens (primary N) is 1. The molecule has 1 fully saturated rings. The molecule has 1 aliphatic rings. The number of rotatable bonds is 3. The number of carbonyl (C=O) groups is 1. The molecule has 1 heterocycles. The molecule has 0 aromatic heterocycles. The number of carbonyl (C=O) groups excluding carboxylic acids is 1. The average molecular weight is 213 g/mol. The molecule has 2 N–H and O–H groups in total. The molecule has 88 valence electrons. The van der Waals surface area contributed by atoms with Crippen molar-refractivity contribution in [1.82, 2.24) is 9.80 Å². The maximum Gasteiger partial charge on any atom is 0.236 e. The van der Waals surface area contributed by atoms with E-state index in [0.29, 0.717) is 12.6 Å². The summed E-state index contributed by atoms with van der Waals surface area (Å²) in [6, 6.07) is 0.583. The highest BCUT2D eigenvalue weighted by molar-refractivity contribution is 5.78. The van der Waals surface area contributed by atoms with E-state index in [0.717, 1.165) is 25.9 Å². The van der Waals surface area contributed by atoms with Crippen molar-refractivity contribution in [3.63, 3.8) is 0 Å². The molecule has 0 aliphatic carbocycles. The minimum absolute atomic E-state index is 0.173. The van der Waals surface area contributed by atoms with Crippen molar-refractivity contribution < 1.29 is 4.79 Å². The smallest absolute Gasteiger partial charge is 0.236 e. The summed E-state index contributed by atoms with van der Waals surface area (Å²) in [4.78, 5) is 15.8. The zero-order chi connectivity index (χ0) is 11.4. The second-order valence-corrected chi connectivity index (χ2v) is 4.75. The zero-order valence-electron chi connectivity index (χ0n) is 10.1. The fourth-order valence-corrected chi connectivity index (χ4v) is 1.73. The minimum Gasteiger partial charge on any atom is -0.340 e. The summed E-state index contributed by atoms with van der Waals surface area (Å²) < 4.78 is 0. The molecule has 0 spiro atoms. The summed E-state index contributed by atoms with van der Waals surface area (Å²) in [5.41, 5.74) is 5.85. The van der Waals surface area contributed by atoms with Crippen molar-refractivity contribution in [3.05, 3.63) is 0 Å². The number of nitrogens with zero attached hydrogens (tertiary/aromatic N) is 2. The number of amides is 1. The number of hydrogen-bond donors (Lipinski definition) is 1. The lowest BCUT2D eigenvalue weighted by Crippen LogP contribution is -2.49. The lowest BCUT2D eigenvalue weighted by atomic mass is 10.1. The highest BCUT2D eigenvalue weighted by Gasteiger charge is 2.22. The van der Waals surface area contributed by atoms with Gasteiger partial charge in [0.25, 0.3) is 0 Å². The van der Waals surface area contributed by atoms with Crippen molar-refractivity contribution in [3.8, 4) is 0 Å². The van der Waals surface area contributed by atoms with Crippen molar-refractivity contribution in [2.45, 2.75) is 38.8 Å². The van der Waals surface area contributed by atoms with Gasteiger partial charge in [-0.2, -0.15) is 0 Å². The second-order valence-electron chi connectivity index (χ2n) is 4.75. The van der Waals surface area contributed by atoms with Crippen LogP contribution < -0.4 is 5.73 Å². The highest BCUT2D eigenvalue weighted by Crippen LogP contribution is 2.08. The van der Waals surface area contributed by atoms with E-state index in [1.807, 2.05) is 11.9 Å². The summed E-state index contributed by atoms with van der Waals surface area (Å²) in [6.07, 6.45) is 2.09. The molecule has 1 rings (SSSR count). The van der Waals surface area contributed by atoms with Gasteiger partial charge in [-0.1, -0.05) is 0 Å². The van der Waals surface area contributed by atoms with Crippen LogP contribution in [0, 0.1) is 0 Å². The van der Waals surface area contributed by atoms with E-state index in [-0.39, 0.29) is 11.9 Å². The first-order valence-corrected chi connectivity index (χ1v) is 5.74. The van der Waals surface area contributed by atoms with E-state index in [1.165, 1.54) is 0 Å². The Balaban J connectivity index is 2.39. The maximum absolute atomic E-state index is 11.9. The molecule has 4 heteroatoms. The van der Waals surface area contributed by atoms with Gasteiger partial charge in [0, 0.05) is 25.2 Å². The van der Waals surface area contributed by atoms with Gasteiger partial charge in [-0.25, -0.2) is 0 Å². The summed E-state index contributed by atoms with van der Waals surface area (Å²) >= 11 is 0. The number of piperidine rings is 1. The molecule has 0 aromatic rings. The van der Waals surface area contributed by atoms with Gasteiger partial charge in [0.1, 0.15) is 0 Å². The van der Waals surface area contributed by atoms with E-state index in [1.54, 1.807) is 0 Å². The third-order valence-electron chi connectivity index (χ3n) is 3.08. The predicted octanol–water partition coefficient (Wildman–Crippen LogP) is 0.276. The topological polar surface area (TPSA) is 49.6 Å². The van der Waals surface area contributed by atoms with Crippen LogP contribution in [-0.2, 0) is 4.79 Å². The van der Waals surface area contributed by atoms with Crippen LogP contribution in [0.3, 0.4) is 0 Å². The predicted molar refractivity (Wildman–Crippen MR) is 61.6 cm³/mol. The maximum atomic E-state index is 11.9. The Morgan fingerprint density at radius 1 is 1.60 bits per heavy atom. The van der Waals surface area contributed by atoms with Crippen molar-refractivity contribution >= 4 is 5.91 Å². The Morgan fingerprint density at radius 2 is 2.27 bits per heavy atom. The summed E-state index contributed by atoms with van der Waals surface area (Å²) in [6.45, 7) is 6.29. The van der Waals surface area contributed by atoms with Crippen LogP contribution in [0.15, 0.2) is 0 Å². The number of likely N-dealkylation sites (N-methyl/N-ethyl adjacent to an activating group) is 1. The van der Waals surface area contributed by atoms with E-state index >= 15 is 0 Å². The largest absolute Gasteiger partial charge is 0.340 e. The Hall–Kier alpha value is -0.610. The zero-order valence-corrected chi connectivity index (χ0v) is 10.1. The van der Waals surface area contributed by atoms with Crippen LogP contribution in [0.25, 0.3) is 0 Å².